The first kappa shape index (κ1) is 14.0. The summed E-state index contributed by atoms with van der Waals surface area (Å²) in [6, 6.07) is 1.64. The summed E-state index contributed by atoms with van der Waals surface area (Å²) in [5.74, 6) is 0.0479. The Bertz CT molecular complexity index is 436. The molecule has 1 aromatic heterocycles. The van der Waals surface area contributed by atoms with Gasteiger partial charge in [0.25, 0.3) is 5.91 Å². The Balaban J connectivity index is 1.97. The van der Waals surface area contributed by atoms with Gasteiger partial charge in [-0.1, -0.05) is 5.16 Å². The van der Waals surface area contributed by atoms with Crippen LogP contribution in [-0.2, 0) is 4.74 Å². The molecule has 1 amide bonds. The SMILES string of the molecule is Cc1cc(C(=O)NCC2(N(C)C)CCOCC2)on1. The summed E-state index contributed by atoms with van der Waals surface area (Å²) in [5.41, 5.74) is 0.668. The Morgan fingerprint density at radius 2 is 2.16 bits per heavy atom. The number of nitrogens with one attached hydrogen (secondary N) is 1. The highest BCUT2D eigenvalue weighted by molar-refractivity contribution is 5.91. The molecule has 1 aliphatic heterocycles. The van der Waals surface area contributed by atoms with Gasteiger partial charge in [0.2, 0.25) is 5.76 Å². The number of carbonyl (C=O) groups is 1. The van der Waals surface area contributed by atoms with Crippen LogP contribution in [0.1, 0.15) is 29.1 Å². The smallest absolute Gasteiger partial charge is 0.289 e. The van der Waals surface area contributed by atoms with Crippen LogP contribution in [0.15, 0.2) is 10.6 Å². The van der Waals surface area contributed by atoms with Crippen molar-refractivity contribution in [3.63, 3.8) is 0 Å². The van der Waals surface area contributed by atoms with E-state index >= 15 is 0 Å². The second kappa shape index (κ2) is 5.71. The van der Waals surface area contributed by atoms with Crippen LogP contribution < -0.4 is 5.32 Å². The number of aromatic nitrogens is 1. The highest BCUT2D eigenvalue weighted by Crippen LogP contribution is 2.25. The standard InChI is InChI=1S/C13H21N3O3/c1-10-8-11(19-15-10)12(17)14-9-13(16(2)3)4-6-18-7-5-13/h8H,4-7,9H2,1-3H3,(H,14,17). The Kier molecular flexibility index (Phi) is 4.21. The van der Waals surface area contributed by atoms with Crippen molar-refractivity contribution in [2.45, 2.75) is 25.3 Å². The number of nitrogens with zero attached hydrogens (tertiary/aromatic N) is 2. The second-order valence-corrected chi connectivity index (χ2v) is 5.25. The van der Waals surface area contributed by atoms with Gasteiger partial charge in [0.05, 0.1) is 5.69 Å². The lowest BCUT2D eigenvalue weighted by Crippen LogP contribution is -2.55. The minimum atomic E-state index is -0.215. The lowest BCUT2D eigenvalue weighted by atomic mass is 9.88. The number of hydrogen-bond acceptors (Lipinski definition) is 5. The zero-order valence-electron chi connectivity index (χ0n) is 11.7. The van der Waals surface area contributed by atoms with Crippen LogP contribution in [0.2, 0.25) is 0 Å². The molecule has 6 heteroatoms. The van der Waals surface area contributed by atoms with E-state index in [1.807, 2.05) is 14.1 Å². The number of amides is 1. The number of rotatable bonds is 4. The van der Waals surface area contributed by atoms with Crippen LogP contribution in [0.4, 0.5) is 0 Å². The van der Waals surface area contributed by atoms with Gasteiger partial charge in [0.15, 0.2) is 0 Å². The van der Waals surface area contributed by atoms with E-state index in [-0.39, 0.29) is 17.2 Å². The van der Waals surface area contributed by atoms with Crippen molar-refractivity contribution >= 4 is 5.91 Å². The normalized spacial score (nSPS) is 18.5. The molecule has 19 heavy (non-hydrogen) atoms. The second-order valence-electron chi connectivity index (χ2n) is 5.25. The molecule has 1 aliphatic rings. The molecule has 6 nitrogen and oxygen atoms in total. The van der Waals surface area contributed by atoms with Gasteiger partial charge in [-0.25, -0.2) is 0 Å². The van der Waals surface area contributed by atoms with Crippen LogP contribution in [0.5, 0.6) is 0 Å². The molecule has 0 atom stereocenters. The highest BCUT2D eigenvalue weighted by atomic mass is 16.5. The minimum Gasteiger partial charge on any atom is -0.381 e. The largest absolute Gasteiger partial charge is 0.381 e. The third-order valence-corrected chi connectivity index (χ3v) is 3.80. The van der Waals surface area contributed by atoms with Gasteiger partial charge >= 0.3 is 0 Å². The third kappa shape index (κ3) is 3.13. The maximum absolute atomic E-state index is 12.0. The summed E-state index contributed by atoms with van der Waals surface area (Å²) < 4.78 is 10.4. The predicted octanol–water partition coefficient (Wildman–Crippen LogP) is 0.824. The molecule has 1 N–H and O–H groups in total. The minimum absolute atomic E-state index is 0.0387. The topological polar surface area (TPSA) is 67.6 Å². The quantitative estimate of drug-likeness (QED) is 0.875. The Morgan fingerprint density at radius 3 is 2.68 bits per heavy atom. The molecule has 0 aromatic carbocycles. The lowest BCUT2D eigenvalue weighted by molar-refractivity contribution is -0.00671. The summed E-state index contributed by atoms with van der Waals surface area (Å²) in [4.78, 5) is 14.1. The molecule has 1 aromatic rings. The van der Waals surface area contributed by atoms with Gasteiger partial charge in [-0.3, -0.25) is 4.79 Å². The maximum atomic E-state index is 12.0. The van der Waals surface area contributed by atoms with E-state index in [0.717, 1.165) is 26.1 Å². The maximum Gasteiger partial charge on any atom is 0.289 e. The van der Waals surface area contributed by atoms with Crippen LogP contribution in [-0.4, -0.2) is 55.4 Å². The molecule has 0 radical (unpaired) electrons. The summed E-state index contributed by atoms with van der Waals surface area (Å²) >= 11 is 0. The van der Waals surface area contributed by atoms with Gasteiger partial charge in [-0.2, -0.15) is 0 Å². The summed E-state index contributed by atoms with van der Waals surface area (Å²) in [6.45, 7) is 3.84. The fourth-order valence-electron chi connectivity index (χ4n) is 2.34. The molecule has 2 heterocycles. The van der Waals surface area contributed by atoms with Crippen molar-refractivity contribution in [3.8, 4) is 0 Å². The van der Waals surface area contributed by atoms with Crippen LogP contribution in [0, 0.1) is 6.92 Å². The number of hydrogen-bond donors (Lipinski definition) is 1. The Hall–Kier alpha value is -1.40. The Labute approximate surface area is 113 Å². The van der Waals surface area contributed by atoms with Crippen molar-refractivity contribution in [1.82, 2.24) is 15.4 Å². The predicted molar refractivity (Wildman–Crippen MR) is 70.0 cm³/mol. The van der Waals surface area contributed by atoms with E-state index in [4.69, 9.17) is 9.26 Å². The average molecular weight is 267 g/mol. The highest BCUT2D eigenvalue weighted by Gasteiger charge is 2.35. The van der Waals surface area contributed by atoms with E-state index in [9.17, 15) is 4.79 Å². The number of aryl methyl sites for hydroxylation is 1. The monoisotopic (exact) mass is 267 g/mol. The summed E-state index contributed by atoms with van der Waals surface area (Å²) in [5, 5.41) is 6.65. The van der Waals surface area contributed by atoms with Gasteiger partial charge in [0, 0.05) is 31.4 Å². The zero-order valence-corrected chi connectivity index (χ0v) is 11.7. The van der Waals surface area contributed by atoms with Crippen LogP contribution >= 0.6 is 0 Å². The molecule has 1 saturated heterocycles. The summed E-state index contributed by atoms with van der Waals surface area (Å²) in [6.07, 6.45) is 1.82. The molecule has 106 valence electrons. The van der Waals surface area contributed by atoms with E-state index < -0.39 is 0 Å². The van der Waals surface area contributed by atoms with Crippen LogP contribution in [0.25, 0.3) is 0 Å². The number of likely N-dealkylation sites (N-methyl/N-ethyl adjacent to an activating group) is 1. The number of carbonyl (C=O) groups excluding carboxylic acids is 1. The first-order valence-electron chi connectivity index (χ1n) is 6.50. The van der Waals surface area contributed by atoms with E-state index in [1.165, 1.54) is 0 Å². The molecule has 0 saturated carbocycles. The fourth-order valence-corrected chi connectivity index (χ4v) is 2.34. The van der Waals surface area contributed by atoms with Crippen molar-refractivity contribution in [2.75, 3.05) is 33.9 Å². The van der Waals surface area contributed by atoms with E-state index in [2.05, 4.69) is 15.4 Å². The lowest BCUT2D eigenvalue weighted by Gasteiger charge is -2.42. The Morgan fingerprint density at radius 1 is 1.47 bits per heavy atom. The van der Waals surface area contributed by atoms with Gasteiger partial charge in [-0.05, 0) is 33.9 Å². The van der Waals surface area contributed by atoms with Crippen LogP contribution in [0.3, 0.4) is 0 Å². The first-order chi connectivity index (χ1) is 9.03. The molecule has 0 bridgehead atoms. The third-order valence-electron chi connectivity index (χ3n) is 3.80. The van der Waals surface area contributed by atoms with Crippen molar-refractivity contribution < 1.29 is 14.1 Å². The molecular formula is C13H21N3O3. The summed E-state index contributed by atoms with van der Waals surface area (Å²) in [7, 11) is 4.08. The van der Waals surface area contributed by atoms with E-state index in [1.54, 1.807) is 13.0 Å². The average Bonchev–Trinajstić information content (AvgIpc) is 2.83. The van der Waals surface area contributed by atoms with Gasteiger partial charge in [0.1, 0.15) is 0 Å². The van der Waals surface area contributed by atoms with Crippen molar-refractivity contribution in [1.29, 1.82) is 0 Å². The number of ether oxygens (including phenoxy) is 1. The van der Waals surface area contributed by atoms with Crippen molar-refractivity contribution in [2.24, 2.45) is 0 Å². The zero-order chi connectivity index (χ0) is 13.9. The molecule has 2 rings (SSSR count). The molecule has 1 fully saturated rings. The first-order valence-corrected chi connectivity index (χ1v) is 6.50. The molecule has 0 spiro atoms. The molecular weight excluding hydrogens is 246 g/mol. The van der Waals surface area contributed by atoms with E-state index in [0.29, 0.717) is 12.2 Å². The van der Waals surface area contributed by atoms with Crippen molar-refractivity contribution in [3.05, 3.63) is 17.5 Å². The fraction of sp³-hybridized carbons (Fsp3) is 0.692. The van der Waals surface area contributed by atoms with Gasteiger partial charge < -0.3 is 19.5 Å². The molecule has 0 aliphatic carbocycles. The molecule has 0 unspecified atom stereocenters. The van der Waals surface area contributed by atoms with Gasteiger partial charge in [-0.15, -0.1) is 0 Å².